The highest BCUT2D eigenvalue weighted by atomic mass is 16.6. The standard InChI is InChI=1S/C21H24N2O4/c1-15(24)22-18(16-8-4-3-5-9-16)12-21(25)23(2)13-17-14-26-19-10-6-7-11-20(19)27-17/h3-11,17-18H,12-14H2,1-2H3,(H,22,24). The number of hydrogen-bond donors (Lipinski definition) is 1. The molecule has 6 nitrogen and oxygen atoms in total. The first-order valence-corrected chi connectivity index (χ1v) is 8.97. The van der Waals surface area contributed by atoms with Gasteiger partial charge in [0.15, 0.2) is 17.6 Å². The minimum atomic E-state index is -0.358. The summed E-state index contributed by atoms with van der Waals surface area (Å²) in [4.78, 5) is 25.9. The average molecular weight is 368 g/mol. The van der Waals surface area contributed by atoms with Gasteiger partial charge in [0, 0.05) is 14.0 Å². The Morgan fingerprint density at radius 1 is 1.11 bits per heavy atom. The number of fused-ring (bicyclic) bond motifs is 1. The summed E-state index contributed by atoms with van der Waals surface area (Å²) in [5.74, 6) is 1.17. The van der Waals surface area contributed by atoms with Gasteiger partial charge in [-0.15, -0.1) is 0 Å². The van der Waals surface area contributed by atoms with Crippen molar-refractivity contribution in [2.75, 3.05) is 20.2 Å². The average Bonchev–Trinajstić information content (AvgIpc) is 2.67. The SMILES string of the molecule is CC(=O)NC(CC(=O)N(C)CC1COc2ccccc2O1)c1ccccc1. The number of rotatable bonds is 6. The van der Waals surface area contributed by atoms with Crippen LogP contribution in [0.25, 0.3) is 0 Å². The van der Waals surface area contributed by atoms with Crippen molar-refractivity contribution in [3.8, 4) is 11.5 Å². The Bertz CT molecular complexity index is 794. The van der Waals surface area contributed by atoms with E-state index < -0.39 is 0 Å². The zero-order valence-corrected chi connectivity index (χ0v) is 15.6. The number of benzene rings is 2. The van der Waals surface area contributed by atoms with E-state index in [2.05, 4.69) is 5.32 Å². The molecule has 6 heteroatoms. The van der Waals surface area contributed by atoms with Crippen LogP contribution >= 0.6 is 0 Å². The van der Waals surface area contributed by atoms with Gasteiger partial charge in [-0.25, -0.2) is 0 Å². The summed E-state index contributed by atoms with van der Waals surface area (Å²) < 4.78 is 11.6. The lowest BCUT2D eigenvalue weighted by Gasteiger charge is -2.30. The van der Waals surface area contributed by atoms with E-state index in [0.29, 0.717) is 18.9 Å². The molecule has 1 aliphatic heterocycles. The zero-order valence-electron chi connectivity index (χ0n) is 15.6. The molecule has 2 aromatic rings. The maximum atomic E-state index is 12.7. The molecule has 0 radical (unpaired) electrons. The monoisotopic (exact) mass is 368 g/mol. The Balaban J connectivity index is 1.60. The number of amides is 2. The largest absolute Gasteiger partial charge is 0.486 e. The summed E-state index contributed by atoms with van der Waals surface area (Å²) in [7, 11) is 1.74. The van der Waals surface area contributed by atoms with Crippen LogP contribution in [0.1, 0.15) is 24.9 Å². The Labute approximate surface area is 159 Å². The summed E-state index contributed by atoms with van der Waals surface area (Å²) in [6.07, 6.45) is -0.0469. The van der Waals surface area contributed by atoms with Crippen LogP contribution in [0.15, 0.2) is 54.6 Å². The molecule has 0 saturated heterocycles. The van der Waals surface area contributed by atoms with Gasteiger partial charge in [0.2, 0.25) is 11.8 Å². The van der Waals surface area contributed by atoms with E-state index in [1.165, 1.54) is 6.92 Å². The molecule has 0 fully saturated rings. The van der Waals surface area contributed by atoms with Gasteiger partial charge in [-0.2, -0.15) is 0 Å². The first kappa shape index (κ1) is 18.8. The molecule has 2 atom stereocenters. The molecule has 1 aliphatic rings. The van der Waals surface area contributed by atoms with Crippen LogP contribution in [-0.4, -0.2) is 43.0 Å². The number of ether oxygens (including phenoxy) is 2. The molecule has 1 heterocycles. The first-order chi connectivity index (χ1) is 13.0. The highest BCUT2D eigenvalue weighted by Gasteiger charge is 2.25. The van der Waals surface area contributed by atoms with E-state index in [1.807, 2.05) is 54.6 Å². The summed E-state index contributed by atoms with van der Waals surface area (Å²) in [5.41, 5.74) is 0.903. The molecule has 142 valence electrons. The minimum absolute atomic E-state index is 0.0694. The molecular formula is C21H24N2O4. The summed E-state index contributed by atoms with van der Waals surface area (Å²) in [5, 5.41) is 2.86. The molecule has 1 N–H and O–H groups in total. The van der Waals surface area contributed by atoms with Crippen molar-refractivity contribution in [2.45, 2.75) is 25.5 Å². The minimum Gasteiger partial charge on any atom is -0.486 e. The van der Waals surface area contributed by atoms with Gasteiger partial charge >= 0.3 is 0 Å². The van der Waals surface area contributed by atoms with Gasteiger partial charge < -0.3 is 19.7 Å². The number of hydrogen-bond acceptors (Lipinski definition) is 4. The van der Waals surface area contributed by atoms with Crippen LogP contribution in [-0.2, 0) is 9.59 Å². The van der Waals surface area contributed by atoms with E-state index >= 15 is 0 Å². The van der Waals surface area contributed by atoms with E-state index in [-0.39, 0.29) is 30.4 Å². The molecule has 2 amide bonds. The van der Waals surface area contributed by atoms with Crippen molar-refractivity contribution < 1.29 is 19.1 Å². The van der Waals surface area contributed by atoms with Gasteiger partial charge in [-0.1, -0.05) is 42.5 Å². The van der Waals surface area contributed by atoms with Gasteiger partial charge in [0.05, 0.1) is 19.0 Å². The van der Waals surface area contributed by atoms with Gasteiger partial charge in [0.25, 0.3) is 0 Å². The molecule has 0 saturated carbocycles. The van der Waals surface area contributed by atoms with Gasteiger partial charge in [0.1, 0.15) is 6.61 Å². The van der Waals surface area contributed by atoms with Crippen molar-refractivity contribution in [1.82, 2.24) is 10.2 Å². The fourth-order valence-corrected chi connectivity index (χ4v) is 3.07. The predicted octanol–water partition coefficient (Wildman–Crippen LogP) is 2.55. The van der Waals surface area contributed by atoms with Crippen molar-refractivity contribution in [3.63, 3.8) is 0 Å². The fraction of sp³-hybridized carbons (Fsp3) is 0.333. The Morgan fingerprint density at radius 2 is 1.78 bits per heavy atom. The summed E-state index contributed by atoms with van der Waals surface area (Å²) >= 11 is 0. The van der Waals surface area contributed by atoms with Crippen LogP contribution < -0.4 is 14.8 Å². The van der Waals surface area contributed by atoms with Crippen molar-refractivity contribution in [3.05, 3.63) is 60.2 Å². The molecule has 2 aromatic carbocycles. The van der Waals surface area contributed by atoms with Gasteiger partial charge in [-0.05, 0) is 17.7 Å². The molecular weight excluding hydrogens is 344 g/mol. The van der Waals surface area contributed by atoms with E-state index in [9.17, 15) is 9.59 Å². The lowest BCUT2D eigenvalue weighted by atomic mass is 10.0. The Kier molecular flexibility index (Phi) is 5.96. The topological polar surface area (TPSA) is 67.9 Å². The third kappa shape index (κ3) is 5.00. The molecule has 0 spiro atoms. The number of nitrogens with zero attached hydrogens (tertiary/aromatic N) is 1. The number of carbonyl (C=O) groups excluding carboxylic acids is 2. The lowest BCUT2D eigenvalue weighted by Crippen LogP contribution is -2.42. The third-order valence-electron chi connectivity index (χ3n) is 4.43. The number of carbonyl (C=O) groups is 2. The Hall–Kier alpha value is -3.02. The van der Waals surface area contributed by atoms with E-state index in [4.69, 9.17) is 9.47 Å². The lowest BCUT2D eigenvalue weighted by molar-refractivity contribution is -0.132. The van der Waals surface area contributed by atoms with Crippen molar-refractivity contribution in [1.29, 1.82) is 0 Å². The molecule has 0 bridgehead atoms. The number of nitrogens with one attached hydrogen (secondary N) is 1. The molecule has 2 unspecified atom stereocenters. The van der Waals surface area contributed by atoms with Crippen LogP contribution in [0.5, 0.6) is 11.5 Å². The number of para-hydroxylation sites is 2. The smallest absolute Gasteiger partial charge is 0.224 e. The quantitative estimate of drug-likeness (QED) is 0.851. The van der Waals surface area contributed by atoms with Crippen LogP contribution in [0.2, 0.25) is 0 Å². The second-order valence-corrected chi connectivity index (χ2v) is 6.64. The Morgan fingerprint density at radius 3 is 2.48 bits per heavy atom. The van der Waals surface area contributed by atoms with E-state index in [0.717, 1.165) is 11.3 Å². The highest BCUT2D eigenvalue weighted by Crippen LogP contribution is 2.31. The first-order valence-electron chi connectivity index (χ1n) is 8.97. The van der Waals surface area contributed by atoms with Crippen LogP contribution in [0, 0.1) is 0 Å². The van der Waals surface area contributed by atoms with Crippen molar-refractivity contribution in [2.24, 2.45) is 0 Å². The van der Waals surface area contributed by atoms with Crippen LogP contribution in [0.3, 0.4) is 0 Å². The van der Waals surface area contributed by atoms with Gasteiger partial charge in [-0.3, -0.25) is 9.59 Å². The maximum absolute atomic E-state index is 12.7. The normalized spacial score (nSPS) is 16.3. The third-order valence-corrected chi connectivity index (χ3v) is 4.43. The van der Waals surface area contributed by atoms with Crippen LogP contribution in [0.4, 0.5) is 0 Å². The highest BCUT2D eigenvalue weighted by molar-refractivity contribution is 5.79. The summed E-state index contributed by atoms with van der Waals surface area (Å²) in [6.45, 7) is 2.26. The number of likely N-dealkylation sites (N-methyl/N-ethyl adjacent to an activating group) is 1. The second-order valence-electron chi connectivity index (χ2n) is 6.64. The molecule has 0 aromatic heterocycles. The summed E-state index contributed by atoms with van der Waals surface area (Å²) in [6, 6.07) is 16.6. The van der Waals surface area contributed by atoms with E-state index in [1.54, 1.807) is 11.9 Å². The zero-order chi connectivity index (χ0) is 19.2. The molecule has 27 heavy (non-hydrogen) atoms. The van der Waals surface area contributed by atoms with Crippen molar-refractivity contribution >= 4 is 11.8 Å². The second kappa shape index (κ2) is 8.58. The maximum Gasteiger partial charge on any atom is 0.224 e. The molecule has 3 rings (SSSR count). The molecule has 0 aliphatic carbocycles. The fourth-order valence-electron chi connectivity index (χ4n) is 3.07. The predicted molar refractivity (Wildman–Crippen MR) is 102 cm³/mol.